The van der Waals surface area contributed by atoms with Crippen LogP contribution in [0, 0.1) is 0 Å². The van der Waals surface area contributed by atoms with Gasteiger partial charge >= 0.3 is 0 Å². The standard InChI is InChI=1S/C34H33P3/c1-26(36(28-16-7-3-8-17-28)29-18-9-4-10-19-29)32-24-15-25-33(35)34(32)27(2)37(30-20-11-5-12-21-30)31-22-13-6-14-23-31/h3-27H,35H2,1-2H3. The number of hydrogen-bond donors (Lipinski definition) is 0. The predicted octanol–water partition coefficient (Wildman–Crippen LogP) is 7.57. The van der Waals surface area contributed by atoms with Gasteiger partial charge in [0, 0.05) is 11.3 Å². The second kappa shape index (κ2) is 12.3. The third-order valence-electron chi connectivity index (χ3n) is 6.95. The second-order valence-electron chi connectivity index (χ2n) is 9.28. The minimum Gasteiger partial charge on any atom is -0.105 e. The van der Waals surface area contributed by atoms with Gasteiger partial charge in [-0.25, -0.2) is 0 Å². The summed E-state index contributed by atoms with van der Waals surface area (Å²) in [5, 5.41) is 7.02. The van der Waals surface area contributed by atoms with E-state index < -0.39 is 15.8 Å². The van der Waals surface area contributed by atoms with Gasteiger partial charge in [0.15, 0.2) is 0 Å². The molecule has 0 fully saturated rings. The first-order valence-corrected chi connectivity index (χ1v) is 16.2. The highest BCUT2D eigenvalue weighted by Gasteiger charge is 2.30. The van der Waals surface area contributed by atoms with Gasteiger partial charge in [0.1, 0.15) is 0 Å². The van der Waals surface area contributed by atoms with Gasteiger partial charge in [-0.1, -0.05) is 153 Å². The van der Waals surface area contributed by atoms with E-state index in [-0.39, 0.29) is 0 Å². The minimum atomic E-state index is -0.579. The molecular weight excluding hydrogens is 501 g/mol. The van der Waals surface area contributed by atoms with Crippen molar-refractivity contribution in [3.8, 4) is 0 Å². The van der Waals surface area contributed by atoms with Crippen LogP contribution in [0.5, 0.6) is 0 Å². The maximum Gasteiger partial charge on any atom is 0.0103 e. The molecule has 0 aliphatic rings. The first kappa shape index (κ1) is 26.0. The Hall–Kier alpha value is -2.61. The fourth-order valence-corrected chi connectivity index (χ4v) is 11.3. The molecule has 5 aromatic carbocycles. The molecule has 0 radical (unpaired) electrons. The van der Waals surface area contributed by atoms with Crippen molar-refractivity contribution in [3.63, 3.8) is 0 Å². The summed E-state index contributed by atoms with van der Waals surface area (Å²) < 4.78 is 0. The Bertz CT molecular complexity index is 1320. The van der Waals surface area contributed by atoms with Crippen molar-refractivity contribution in [2.75, 3.05) is 0 Å². The monoisotopic (exact) mass is 534 g/mol. The molecule has 37 heavy (non-hydrogen) atoms. The Kier molecular flexibility index (Phi) is 8.64. The van der Waals surface area contributed by atoms with E-state index in [4.69, 9.17) is 0 Å². The van der Waals surface area contributed by atoms with Crippen LogP contribution in [-0.2, 0) is 0 Å². The molecule has 3 atom stereocenters. The summed E-state index contributed by atoms with van der Waals surface area (Å²) in [6, 6.07) is 51.3. The summed E-state index contributed by atoms with van der Waals surface area (Å²) in [7, 11) is 1.91. The van der Waals surface area contributed by atoms with Crippen LogP contribution in [0.2, 0.25) is 0 Å². The number of rotatable bonds is 8. The van der Waals surface area contributed by atoms with Crippen LogP contribution in [0.25, 0.3) is 0 Å². The average Bonchev–Trinajstić information content (AvgIpc) is 2.95. The Morgan fingerprint density at radius 3 is 1.16 bits per heavy atom. The number of benzene rings is 5. The zero-order valence-corrected chi connectivity index (χ0v) is 24.3. The smallest absolute Gasteiger partial charge is 0.0103 e. The van der Waals surface area contributed by atoms with E-state index >= 15 is 0 Å². The van der Waals surface area contributed by atoms with Crippen LogP contribution in [-0.4, -0.2) is 0 Å². The molecule has 0 saturated heterocycles. The Morgan fingerprint density at radius 2 is 0.784 bits per heavy atom. The highest BCUT2D eigenvalue weighted by atomic mass is 31.1. The van der Waals surface area contributed by atoms with E-state index in [9.17, 15) is 0 Å². The lowest BCUT2D eigenvalue weighted by Crippen LogP contribution is -2.22. The lowest BCUT2D eigenvalue weighted by Gasteiger charge is -2.33. The summed E-state index contributed by atoms with van der Waals surface area (Å²) in [5.41, 5.74) is 3.70. The van der Waals surface area contributed by atoms with Gasteiger partial charge in [-0.3, -0.25) is 0 Å². The van der Waals surface area contributed by atoms with Gasteiger partial charge in [0.25, 0.3) is 0 Å². The summed E-state index contributed by atoms with van der Waals surface area (Å²) >= 11 is 0. The van der Waals surface area contributed by atoms with E-state index in [1.165, 1.54) is 37.6 Å². The summed E-state index contributed by atoms with van der Waals surface area (Å²) in [5.74, 6) is 0. The first-order valence-electron chi connectivity index (χ1n) is 12.8. The van der Waals surface area contributed by atoms with E-state index in [2.05, 4.69) is 163 Å². The molecule has 0 saturated carbocycles. The lowest BCUT2D eigenvalue weighted by atomic mass is 10.0. The molecule has 0 nitrogen and oxygen atoms in total. The van der Waals surface area contributed by atoms with Crippen LogP contribution in [0.15, 0.2) is 140 Å². The molecule has 5 aromatic rings. The van der Waals surface area contributed by atoms with Crippen LogP contribution in [0.3, 0.4) is 0 Å². The summed E-state index contributed by atoms with van der Waals surface area (Å²) in [6.07, 6.45) is 0. The van der Waals surface area contributed by atoms with Crippen molar-refractivity contribution >= 4 is 51.6 Å². The summed E-state index contributed by atoms with van der Waals surface area (Å²) in [6.45, 7) is 4.88. The molecule has 3 heteroatoms. The Morgan fingerprint density at radius 1 is 0.432 bits per heavy atom. The Labute approximate surface area is 226 Å². The molecule has 0 aliphatic heterocycles. The van der Waals surface area contributed by atoms with Crippen molar-refractivity contribution in [3.05, 3.63) is 151 Å². The fourth-order valence-electron chi connectivity index (χ4n) is 5.26. The molecule has 0 heterocycles. The van der Waals surface area contributed by atoms with Crippen LogP contribution >= 0.6 is 25.1 Å². The molecule has 0 aliphatic carbocycles. The van der Waals surface area contributed by atoms with Gasteiger partial charge in [0.05, 0.1) is 0 Å². The topological polar surface area (TPSA) is 0 Å². The maximum atomic E-state index is 3.06. The van der Waals surface area contributed by atoms with E-state index in [1.54, 1.807) is 0 Å². The molecule has 0 spiro atoms. The third-order valence-corrected chi connectivity index (χ3v) is 13.0. The number of hydrogen-bond acceptors (Lipinski definition) is 0. The van der Waals surface area contributed by atoms with Crippen LogP contribution in [0.4, 0.5) is 0 Å². The van der Waals surface area contributed by atoms with Crippen molar-refractivity contribution in [1.29, 1.82) is 0 Å². The van der Waals surface area contributed by atoms with Crippen molar-refractivity contribution < 1.29 is 0 Å². The molecule has 0 N–H and O–H groups in total. The van der Waals surface area contributed by atoms with Crippen LogP contribution < -0.4 is 26.5 Å². The molecule has 184 valence electrons. The quantitative estimate of drug-likeness (QED) is 0.180. The van der Waals surface area contributed by atoms with E-state index in [0.717, 1.165) is 0 Å². The van der Waals surface area contributed by atoms with Gasteiger partial charge in [-0.15, -0.1) is 9.24 Å². The molecule has 0 aromatic heterocycles. The molecule has 0 bridgehead atoms. The van der Waals surface area contributed by atoms with Gasteiger partial charge in [-0.2, -0.15) is 0 Å². The molecule has 5 rings (SSSR count). The third kappa shape index (κ3) is 5.79. The maximum absolute atomic E-state index is 3.06. The van der Waals surface area contributed by atoms with Gasteiger partial charge < -0.3 is 0 Å². The van der Waals surface area contributed by atoms with Gasteiger partial charge in [-0.05, 0) is 53.5 Å². The van der Waals surface area contributed by atoms with Crippen molar-refractivity contribution in [2.45, 2.75) is 25.2 Å². The summed E-state index contributed by atoms with van der Waals surface area (Å²) in [4.78, 5) is 0. The van der Waals surface area contributed by atoms with E-state index in [0.29, 0.717) is 11.3 Å². The fraction of sp³-hybridized carbons (Fsp3) is 0.118. The minimum absolute atomic E-state index is 0.370. The largest absolute Gasteiger partial charge is 0.105 e. The zero-order valence-electron chi connectivity index (χ0n) is 21.4. The zero-order chi connectivity index (χ0) is 25.6. The predicted molar refractivity (Wildman–Crippen MR) is 171 cm³/mol. The average molecular weight is 535 g/mol. The van der Waals surface area contributed by atoms with E-state index in [1.807, 2.05) is 0 Å². The molecular formula is C34H33P3. The Balaban J connectivity index is 1.64. The lowest BCUT2D eigenvalue weighted by molar-refractivity contribution is 0.999. The SMILES string of the molecule is CC(c1cccc(P)c1C(C)P(c1ccccc1)c1ccccc1)P(c1ccccc1)c1ccccc1. The normalized spacial score (nSPS) is 13.0. The highest BCUT2D eigenvalue weighted by molar-refractivity contribution is 7.73. The highest BCUT2D eigenvalue weighted by Crippen LogP contribution is 2.55. The van der Waals surface area contributed by atoms with Gasteiger partial charge in [0.2, 0.25) is 0 Å². The molecule has 0 amide bonds. The van der Waals surface area contributed by atoms with Crippen LogP contribution in [0.1, 0.15) is 36.3 Å². The first-order chi connectivity index (χ1) is 18.1. The van der Waals surface area contributed by atoms with Crippen molar-refractivity contribution in [1.82, 2.24) is 0 Å². The second-order valence-corrected chi connectivity index (χ2v) is 15.0. The molecule has 3 unspecified atom stereocenters. The van der Waals surface area contributed by atoms with Crippen molar-refractivity contribution in [2.24, 2.45) is 0 Å².